The molecular weight excluding hydrogens is 156 g/mol. The number of hydrogen-bond acceptors (Lipinski definition) is 0. The first kappa shape index (κ1) is 9.05. The summed E-state index contributed by atoms with van der Waals surface area (Å²) in [6, 6.07) is 0. The van der Waals surface area contributed by atoms with Gasteiger partial charge in [0.15, 0.2) is 0 Å². The van der Waals surface area contributed by atoms with E-state index in [1.807, 2.05) is 0 Å². The number of allylic oxidation sites excluding steroid dienone is 4. The van der Waals surface area contributed by atoms with Crippen molar-refractivity contribution >= 4 is 0 Å². The van der Waals surface area contributed by atoms with Gasteiger partial charge in [0.05, 0.1) is 0 Å². The lowest BCUT2D eigenvalue weighted by Crippen LogP contribution is -2.07. The molecule has 0 atom stereocenters. The quantitative estimate of drug-likeness (QED) is 0.594. The first-order chi connectivity index (χ1) is 6.45. The Kier molecular flexibility index (Phi) is 3.23. The zero-order chi connectivity index (χ0) is 8.93. The Labute approximate surface area is 81.7 Å². The summed E-state index contributed by atoms with van der Waals surface area (Å²) in [6.07, 6.45) is 19.0. The molecule has 0 nitrogen and oxygen atoms in total. The van der Waals surface area contributed by atoms with Crippen LogP contribution in [0.5, 0.6) is 0 Å². The molecule has 0 aromatic heterocycles. The molecule has 1 saturated carbocycles. The molecule has 0 bridgehead atoms. The molecule has 0 heterocycles. The fourth-order valence-electron chi connectivity index (χ4n) is 2.43. The lowest BCUT2D eigenvalue weighted by molar-refractivity contribution is 0.357. The molecule has 0 aliphatic heterocycles. The summed E-state index contributed by atoms with van der Waals surface area (Å²) < 4.78 is 0. The standard InChI is InChI=1S/C13H19/c1-3-7-12(8-4-1)11-13-9-5-2-6-10-13/h3-4,7-8,13H,1-2,5-6,9-11H2. The SMILES string of the molecule is [CH]1C=C(CC2CCCCC2)C=CC1. The van der Waals surface area contributed by atoms with Gasteiger partial charge in [-0.1, -0.05) is 55.9 Å². The van der Waals surface area contributed by atoms with Crippen LogP contribution in [0.25, 0.3) is 0 Å². The summed E-state index contributed by atoms with van der Waals surface area (Å²) in [5.41, 5.74) is 1.55. The zero-order valence-corrected chi connectivity index (χ0v) is 8.34. The second kappa shape index (κ2) is 4.64. The third kappa shape index (κ3) is 2.72. The Morgan fingerprint density at radius 1 is 1.15 bits per heavy atom. The predicted octanol–water partition coefficient (Wildman–Crippen LogP) is 4.05. The van der Waals surface area contributed by atoms with E-state index in [1.165, 1.54) is 38.5 Å². The maximum atomic E-state index is 2.31. The van der Waals surface area contributed by atoms with E-state index >= 15 is 0 Å². The van der Waals surface area contributed by atoms with Gasteiger partial charge >= 0.3 is 0 Å². The maximum absolute atomic E-state index is 2.31. The van der Waals surface area contributed by atoms with Gasteiger partial charge in [-0.3, -0.25) is 0 Å². The third-order valence-electron chi connectivity index (χ3n) is 3.19. The summed E-state index contributed by atoms with van der Waals surface area (Å²) in [4.78, 5) is 0. The van der Waals surface area contributed by atoms with Crippen molar-refractivity contribution in [1.82, 2.24) is 0 Å². The Morgan fingerprint density at radius 2 is 2.00 bits per heavy atom. The van der Waals surface area contributed by atoms with Crippen LogP contribution in [0.3, 0.4) is 0 Å². The first-order valence-corrected chi connectivity index (χ1v) is 5.64. The van der Waals surface area contributed by atoms with Gasteiger partial charge in [0.2, 0.25) is 0 Å². The molecule has 71 valence electrons. The van der Waals surface area contributed by atoms with Crippen LogP contribution in [0, 0.1) is 12.3 Å². The van der Waals surface area contributed by atoms with Crippen molar-refractivity contribution < 1.29 is 0 Å². The van der Waals surface area contributed by atoms with Crippen molar-refractivity contribution in [2.75, 3.05) is 0 Å². The van der Waals surface area contributed by atoms with Crippen molar-refractivity contribution in [3.63, 3.8) is 0 Å². The molecule has 0 N–H and O–H groups in total. The van der Waals surface area contributed by atoms with Gasteiger partial charge in [-0.05, 0) is 25.2 Å². The van der Waals surface area contributed by atoms with Gasteiger partial charge in [-0.2, -0.15) is 0 Å². The monoisotopic (exact) mass is 175 g/mol. The predicted molar refractivity (Wildman–Crippen MR) is 57.3 cm³/mol. The van der Waals surface area contributed by atoms with Crippen LogP contribution in [-0.4, -0.2) is 0 Å². The van der Waals surface area contributed by atoms with E-state index in [-0.39, 0.29) is 0 Å². The van der Waals surface area contributed by atoms with Crippen molar-refractivity contribution in [2.45, 2.75) is 44.9 Å². The highest BCUT2D eigenvalue weighted by molar-refractivity contribution is 5.27. The van der Waals surface area contributed by atoms with Crippen LogP contribution in [0.1, 0.15) is 44.9 Å². The van der Waals surface area contributed by atoms with Gasteiger partial charge in [-0.15, -0.1) is 0 Å². The highest BCUT2D eigenvalue weighted by Crippen LogP contribution is 2.30. The van der Waals surface area contributed by atoms with Crippen LogP contribution < -0.4 is 0 Å². The maximum Gasteiger partial charge on any atom is -0.0127 e. The van der Waals surface area contributed by atoms with Crippen LogP contribution in [0.2, 0.25) is 0 Å². The van der Waals surface area contributed by atoms with E-state index in [0.717, 1.165) is 12.3 Å². The summed E-state index contributed by atoms with van der Waals surface area (Å²) in [7, 11) is 0. The second-order valence-electron chi connectivity index (χ2n) is 4.32. The Balaban J connectivity index is 1.82. The van der Waals surface area contributed by atoms with Crippen LogP contribution in [0.4, 0.5) is 0 Å². The van der Waals surface area contributed by atoms with Gasteiger partial charge in [0, 0.05) is 0 Å². The molecule has 2 aliphatic rings. The van der Waals surface area contributed by atoms with E-state index < -0.39 is 0 Å². The molecule has 0 heteroatoms. The number of rotatable bonds is 2. The summed E-state index contributed by atoms with van der Waals surface area (Å²) >= 11 is 0. The fraction of sp³-hybridized carbons (Fsp3) is 0.615. The molecule has 0 aromatic rings. The Bertz CT molecular complexity index is 204. The molecule has 2 aliphatic carbocycles. The molecule has 0 saturated heterocycles. The van der Waals surface area contributed by atoms with E-state index in [2.05, 4.69) is 24.6 Å². The molecule has 0 aromatic carbocycles. The second-order valence-corrected chi connectivity index (χ2v) is 4.32. The molecule has 0 unspecified atom stereocenters. The fourth-order valence-corrected chi connectivity index (χ4v) is 2.43. The third-order valence-corrected chi connectivity index (χ3v) is 3.19. The largest absolute Gasteiger partial charge is 0.0837 e. The van der Waals surface area contributed by atoms with E-state index in [4.69, 9.17) is 0 Å². The summed E-state index contributed by atoms with van der Waals surface area (Å²) in [6.45, 7) is 0. The van der Waals surface area contributed by atoms with Crippen molar-refractivity contribution in [3.05, 3.63) is 30.2 Å². The van der Waals surface area contributed by atoms with Gasteiger partial charge < -0.3 is 0 Å². The molecule has 13 heavy (non-hydrogen) atoms. The highest BCUT2D eigenvalue weighted by Gasteiger charge is 2.14. The number of hydrogen-bond donors (Lipinski definition) is 0. The minimum Gasteiger partial charge on any atom is -0.0837 e. The molecule has 2 rings (SSSR count). The Morgan fingerprint density at radius 3 is 2.69 bits per heavy atom. The molecule has 1 fully saturated rings. The van der Waals surface area contributed by atoms with E-state index in [1.54, 1.807) is 5.57 Å². The van der Waals surface area contributed by atoms with Crippen molar-refractivity contribution in [2.24, 2.45) is 5.92 Å². The van der Waals surface area contributed by atoms with Crippen LogP contribution in [0.15, 0.2) is 23.8 Å². The van der Waals surface area contributed by atoms with Crippen molar-refractivity contribution in [1.29, 1.82) is 0 Å². The molecule has 0 spiro atoms. The van der Waals surface area contributed by atoms with Gasteiger partial charge in [0.25, 0.3) is 0 Å². The lowest BCUT2D eigenvalue weighted by atomic mass is 9.84. The topological polar surface area (TPSA) is 0 Å². The first-order valence-electron chi connectivity index (χ1n) is 5.64. The Hall–Kier alpha value is -0.520. The molecule has 0 amide bonds. The molecular formula is C13H19. The zero-order valence-electron chi connectivity index (χ0n) is 8.34. The van der Waals surface area contributed by atoms with E-state index in [0.29, 0.717) is 0 Å². The van der Waals surface area contributed by atoms with Gasteiger partial charge in [0.1, 0.15) is 0 Å². The van der Waals surface area contributed by atoms with Crippen LogP contribution >= 0.6 is 0 Å². The summed E-state index contributed by atoms with van der Waals surface area (Å²) in [5.74, 6) is 0.983. The molecule has 1 radical (unpaired) electrons. The van der Waals surface area contributed by atoms with Crippen molar-refractivity contribution in [3.8, 4) is 0 Å². The normalized spacial score (nSPS) is 24.5. The average Bonchev–Trinajstić information content (AvgIpc) is 2.21. The minimum atomic E-state index is 0.983. The minimum absolute atomic E-state index is 0.983. The van der Waals surface area contributed by atoms with E-state index in [9.17, 15) is 0 Å². The van der Waals surface area contributed by atoms with Gasteiger partial charge in [-0.25, -0.2) is 0 Å². The summed E-state index contributed by atoms with van der Waals surface area (Å²) in [5, 5.41) is 0. The smallest absolute Gasteiger partial charge is 0.0127 e. The lowest BCUT2D eigenvalue weighted by Gasteiger charge is -2.22. The van der Waals surface area contributed by atoms with Crippen LogP contribution in [-0.2, 0) is 0 Å². The average molecular weight is 175 g/mol. The highest BCUT2D eigenvalue weighted by atomic mass is 14.2.